The van der Waals surface area contributed by atoms with Gasteiger partial charge in [0, 0.05) is 44.8 Å². The summed E-state index contributed by atoms with van der Waals surface area (Å²) < 4.78 is 0. The molecule has 0 saturated carbocycles. The Kier molecular flexibility index (Phi) is 6.13. The number of carbonyl (C=O) groups is 3. The molecule has 0 radical (unpaired) electrons. The number of aliphatic carboxylic acids is 1. The van der Waals surface area contributed by atoms with Crippen LogP contribution >= 0.6 is 11.6 Å². The molecule has 9 nitrogen and oxygen atoms in total. The topological polar surface area (TPSA) is 117 Å². The maximum absolute atomic E-state index is 12.9. The van der Waals surface area contributed by atoms with E-state index in [1.807, 2.05) is 6.07 Å². The number of nitrogens with one attached hydrogen (secondary N) is 1. The van der Waals surface area contributed by atoms with Crippen molar-refractivity contribution >= 4 is 35.3 Å². The minimum absolute atomic E-state index is 0.00659. The fraction of sp³-hybridized carbons (Fsp3) is 0.474. The standard InChI is InChI=1S/C19H22ClN5O4/c1-12-15(5-4-13(9-21)17(12)20)25-11-14-10-23(7-8-24(14)19(25)29)18(28)22-6-2-3-16(26)27/h4-5,14H,2-3,6-8,10-11H2,1H3,(H,22,28)(H,26,27). The highest BCUT2D eigenvalue weighted by Gasteiger charge is 2.42. The molecule has 1 atom stereocenters. The molecule has 29 heavy (non-hydrogen) atoms. The molecule has 10 heteroatoms. The van der Waals surface area contributed by atoms with Gasteiger partial charge in [-0.05, 0) is 31.0 Å². The maximum Gasteiger partial charge on any atom is 0.325 e. The summed E-state index contributed by atoms with van der Waals surface area (Å²) in [5.41, 5.74) is 1.70. The normalized spacial score (nSPS) is 18.4. The molecule has 1 aromatic rings. The lowest BCUT2D eigenvalue weighted by atomic mass is 10.1. The van der Waals surface area contributed by atoms with Crippen molar-refractivity contribution in [2.45, 2.75) is 25.8 Å². The lowest BCUT2D eigenvalue weighted by Gasteiger charge is -2.36. The van der Waals surface area contributed by atoms with E-state index in [0.29, 0.717) is 61.0 Å². The predicted molar refractivity (Wildman–Crippen MR) is 106 cm³/mol. The van der Waals surface area contributed by atoms with Gasteiger partial charge in [0.1, 0.15) is 6.07 Å². The summed E-state index contributed by atoms with van der Waals surface area (Å²) >= 11 is 6.25. The van der Waals surface area contributed by atoms with Crippen LogP contribution < -0.4 is 10.2 Å². The van der Waals surface area contributed by atoms with E-state index >= 15 is 0 Å². The van der Waals surface area contributed by atoms with Crippen molar-refractivity contribution in [2.24, 2.45) is 0 Å². The molecule has 2 N–H and O–H groups in total. The number of fused-ring (bicyclic) bond motifs is 1. The van der Waals surface area contributed by atoms with Crippen LogP contribution in [-0.4, -0.2) is 71.7 Å². The van der Waals surface area contributed by atoms with Gasteiger partial charge in [-0.25, -0.2) is 9.59 Å². The first kappa shape index (κ1) is 20.7. The quantitative estimate of drug-likeness (QED) is 0.708. The van der Waals surface area contributed by atoms with Crippen molar-refractivity contribution in [3.63, 3.8) is 0 Å². The molecule has 2 aliphatic heterocycles. The van der Waals surface area contributed by atoms with Gasteiger partial charge in [0.15, 0.2) is 0 Å². The van der Waals surface area contributed by atoms with Crippen LogP contribution in [0.3, 0.4) is 0 Å². The van der Waals surface area contributed by atoms with E-state index in [1.165, 1.54) is 0 Å². The lowest BCUT2D eigenvalue weighted by Crippen LogP contribution is -2.56. The molecule has 2 fully saturated rings. The molecule has 3 rings (SSSR count). The van der Waals surface area contributed by atoms with Crippen LogP contribution in [0.5, 0.6) is 0 Å². The van der Waals surface area contributed by atoms with Gasteiger partial charge in [-0.1, -0.05) is 11.6 Å². The number of piperazine rings is 1. The Morgan fingerprint density at radius 3 is 2.79 bits per heavy atom. The summed E-state index contributed by atoms with van der Waals surface area (Å²) in [6.07, 6.45) is 0.377. The zero-order valence-electron chi connectivity index (χ0n) is 16.0. The van der Waals surface area contributed by atoms with Crippen LogP contribution in [0.4, 0.5) is 15.3 Å². The number of benzene rings is 1. The van der Waals surface area contributed by atoms with E-state index in [4.69, 9.17) is 22.0 Å². The van der Waals surface area contributed by atoms with Gasteiger partial charge in [0.05, 0.1) is 16.6 Å². The molecular weight excluding hydrogens is 398 g/mol. The molecule has 2 saturated heterocycles. The number of urea groups is 2. The molecule has 0 bridgehead atoms. The van der Waals surface area contributed by atoms with Gasteiger partial charge < -0.3 is 20.2 Å². The molecule has 0 aliphatic carbocycles. The van der Waals surface area contributed by atoms with Gasteiger partial charge in [0.2, 0.25) is 0 Å². The number of nitrogens with zero attached hydrogens (tertiary/aromatic N) is 4. The molecule has 1 unspecified atom stereocenters. The highest BCUT2D eigenvalue weighted by Crippen LogP contribution is 2.33. The van der Waals surface area contributed by atoms with E-state index in [2.05, 4.69) is 5.32 Å². The largest absolute Gasteiger partial charge is 0.481 e. The van der Waals surface area contributed by atoms with E-state index in [-0.39, 0.29) is 24.5 Å². The Morgan fingerprint density at radius 2 is 2.10 bits per heavy atom. The summed E-state index contributed by atoms with van der Waals surface area (Å²) in [6, 6.07) is 4.83. The molecule has 2 heterocycles. The number of hydrogen-bond acceptors (Lipinski definition) is 4. The van der Waals surface area contributed by atoms with E-state index < -0.39 is 5.97 Å². The molecule has 1 aromatic carbocycles. The Hall–Kier alpha value is -2.99. The average Bonchev–Trinajstić information content (AvgIpc) is 3.02. The zero-order valence-corrected chi connectivity index (χ0v) is 16.8. The predicted octanol–water partition coefficient (Wildman–Crippen LogP) is 2.02. The molecule has 0 aromatic heterocycles. The van der Waals surface area contributed by atoms with Crippen LogP contribution in [0.25, 0.3) is 0 Å². The smallest absolute Gasteiger partial charge is 0.325 e. The van der Waals surface area contributed by atoms with Crippen LogP contribution in [0, 0.1) is 18.3 Å². The fourth-order valence-electron chi connectivity index (χ4n) is 3.69. The molecular formula is C19H22ClN5O4. The molecule has 4 amide bonds. The molecule has 154 valence electrons. The van der Waals surface area contributed by atoms with Crippen LogP contribution in [-0.2, 0) is 4.79 Å². The Bertz CT molecular complexity index is 884. The minimum Gasteiger partial charge on any atom is -0.481 e. The number of nitriles is 1. The minimum atomic E-state index is -0.893. The third-order valence-electron chi connectivity index (χ3n) is 5.25. The van der Waals surface area contributed by atoms with E-state index in [0.717, 1.165) is 0 Å². The highest BCUT2D eigenvalue weighted by molar-refractivity contribution is 6.33. The van der Waals surface area contributed by atoms with Crippen LogP contribution in [0.15, 0.2) is 12.1 Å². The number of carboxylic acid groups (broad SMARTS) is 1. The van der Waals surface area contributed by atoms with Crippen molar-refractivity contribution in [1.82, 2.24) is 15.1 Å². The first-order valence-corrected chi connectivity index (χ1v) is 9.73. The second-order valence-corrected chi connectivity index (χ2v) is 7.48. The maximum atomic E-state index is 12.9. The summed E-state index contributed by atoms with van der Waals surface area (Å²) in [4.78, 5) is 40.8. The second kappa shape index (κ2) is 8.57. The number of rotatable bonds is 5. The summed E-state index contributed by atoms with van der Waals surface area (Å²) in [5.74, 6) is -0.893. The van der Waals surface area contributed by atoms with Crippen molar-refractivity contribution in [3.05, 3.63) is 28.3 Å². The number of hydrogen-bond donors (Lipinski definition) is 2. The van der Waals surface area contributed by atoms with Crippen LogP contribution in [0.2, 0.25) is 5.02 Å². The average molecular weight is 420 g/mol. The van der Waals surface area contributed by atoms with Crippen molar-refractivity contribution in [3.8, 4) is 6.07 Å². The van der Waals surface area contributed by atoms with Crippen molar-refractivity contribution < 1.29 is 19.5 Å². The Balaban J connectivity index is 1.64. The third-order valence-corrected chi connectivity index (χ3v) is 5.74. The van der Waals surface area contributed by atoms with E-state index in [1.54, 1.807) is 33.8 Å². The fourth-order valence-corrected chi connectivity index (χ4v) is 3.90. The number of carboxylic acids is 1. The number of halogens is 1. The first-order valence-electron chi connectivity index (χ1n) is 9.35. The molecule has 0 spiro atoms. The van der Waals surface area contributed by atoms with Gasteiger partial charge in [0.25, 0.3) is 0 Å². The summed E-state index contributed by atoms with van der Waals surface area (Å²) in [6.45, 7) is 3.73. The van der Waals surface area contributed by atoms with Crippen LogP contribution in [0.1, 0.15) is 24.0 Å². The van der Waals surface area contributed by atoms with Crippen molar-refractivity contribution in [2.75, 3.05) is 37.6 Å². The summed E-state index contributed by atoms with van der Waals surface area (Å²) in [5, 5.41) is 20.8. The van der Waals surface area contributed by atoms with Gasteiger partial charge in [-0.3, -0.25) is 9.69 Å². The Morgan fingerprint density at radius 1 is 1.34 bits per heavy atom. The van der Waals surface area contributed by atoms with Gasteiger partial charge in [-0.2, -0.15) is 5.26 Å². The summed E-state index contributed by atoms with van der Waals surface area (Å²) in [7, 11) is 0. The first-order chi connectivity index (χ1) is 13.8. The Labute approximate surface area is 173 Å². The number of carbonyl (C=O) groups excluding carboxylic acids is 2. The number of anilines is 1. The van der Waals surface area contributed by atoms with E-state index in [9.17, 15) is 14.4 Å². The van der Waals surface area contributed by atoms with Crippen molar-refractivity contribution in [1.29, 1.82) is 5.26 Å². The van der Waals surface area contributed by atoms with Gasteiger partial charge in [-0.15, -0.1) is 0 Å². The monoisotopic (exact) mass is 419 g/mol. The second-order valence-electron chi connectivity index (χ2n) is 7.10. The lowest BCUT2D eigenvalue weighted by molar-refractivity contribution is -0.137. The zero-order chi connectivity index (χ0) is 21.1. The third kappa shape index (κ3) is 4.22. The highest BCUT2D eigenvalue weighted by atomic mass is 35.5. The number of amides is 4. The molecule has 2 aliphatic rings. The van der Waals surface area contributed by atoms with Gasteiger partial charge >= 0.3 is 18.0 Å². The SMILES string of the molecule is Cc1c(N2CC3CN(C(=O)NCCCC(=O)O)CCN3C2=O)ccc(C#N)c1Cl.